The Bertz CT molecular complexity index is 101. The molecule has 3 N–H and O–H groups in total. The van der Waals surface area contributed by atoms with Crippen LogP contribution < -0.4 is 16.4 Å². The van der Waals surface area contributed by atoms with Crippen molar-refractivity contribution in [3.63, 3.8) is 0 Å². The third-order valence-electron chi connectivity index (χ3n) is 0.761. The summed E-state index contributed by atoms with van der Waals surface area (Å²) in [7, 11) is 0. The molecule has 0 aromatic carbocycles. The van der Waals surface area contributed by atoms with Crippen LogP contribution in [0.25, 0.3) is 0 Å². The van der Waals surface area contributed by atoms with Crippen molar-refractivity contribution in [2.45, 2.75) is 6.92 Å². The number of ether oxygens (including phenoxy) is 1. The second kappa shape index (κ2) is 2.42. The van der Waals surface area contributed by atoms with Gasteiger partial charge in [0, 0.05) is 0 Å². The van der Waals surface area contributed by atoms with E-state index in [1.54, 1.807) is 6.20 Å². The predicted molar refractivity (Wildman–Crippen MR) is 29.1 cm³/mol. The summed E-state index contributed by atoms with van der Waals surface area (Å²) >= 11 is 0. The molecule has 0 unspecified atom stereocenters. The average molecular weight is 115 g/mol. The fourth-order valence-corrected chi connectivity index (χ4v) is 0.469. The van der Waals surface area contributed by atoms with E-state index in [0.717, 1.165) is 5.88 Å². The van der Waals surface area contributed by atoms with E-state index in [0.29, 0.717) is 6.61 Å². The van der Waals surface area contributed by atoms with Gasteiger partial charge in [-0.25, -0.2) is 0 Å². The maximum atomic E-state index is 5.03. The lowest BCUT2D eigenvalue weighted by Gasteiger charge is -2.00. The van der Waals surface area contributed by atoms with Crippen molar-refractivity contribution in [1.29, 1.82) is 0 Å². The SMILES string of the molecule is CCOC1=CNNN1. The quantitative estimate of drug-likeness (QED) is 0.451. The number of nitrogens with one attached hydrogen (secondary N) is 3. The molecular formula is C4H9N3O. The Morgan fingerprint density at radius 2 is 2.62 bits per heavy atom. The minimum atomic E-state index is 0.683. The van der Waals surface area contributed by atoms with E-state index < -0.39 is 0 Å². The number of hydrogen-bond acceptors (Lipinski definition) is 4. The highest BCUT2D eigenvalue weighted by atomic mass is 16.5. The lowest BCUT2D eigenvalue weighted by atomic mass is 10.8. The van der Waals surface area contributed by atoms with Gasteiger partial charge in [-0.15, -0.1) is 5.53 Å². The Balaban J connectivity index is 2.23. The summed E-state index contributed by atoms with van der Waals surface area (Å²) in [5, 5.41) is 0. The molecule has 1 aliphatic heterocycles. The third-order valence-corrected chi connectivity index (χ3v) is 0.761. The molecule has 0 saturated heterocycles. The summed E-state index contributed by atoms with van der Waals surface area (Å²) < 4.78 is 5.03. The zero-order valence-corrected chi connectivity index (χ0v) is 4.69. The van der Waals surface area contributed by atoms with Gasteiger partial charge in [0.25, 0.3) is 0 Å². The van der Waals surface area contributed by atoms with E-state index in [2.05, 4.69) is 16.4 Å². The summed E-state index contributed by atoms with van der Waals surface area (Å²) in [6, 6.07) is 0. The van der Waals surface area contributed by atoms with Crippen LogP contribution in [0.1, 0.15) is 6.92 Å². The fraction of sp³-hybridized carbons (Fsp3) is 0.500. The maximum Gasteiger partial charge on any atom is 0.220 e. The van der Waals surface area contributed by atoms with Crippen LogP contribution in [-0.4, -0.2) is 6.61 Å². The summed E-state index contributed by atoms with van der Waals surface area (Å²) in [5.41, 5.74) is 8.08. The molecule has 4 nitrogen and oxygen atoms in total. The van der Waals surface area contributed by atoms with Gasteiger partial charge in [0.2, 0.25) is 5.88 Å². The van der Waals surface area contributed by atoms with Crippen LogP contribution in [0.15, 0.2) is 12.1 Å². The summed E-state index contributed by atoms with van der Waals surface area (Å²) in [6.07, 6.45) is 1.71. The molecular weight excluding hydrogens is 106 g/mol. The van der Waals surface area contributed by atoms with Crippen LogP contribution in [0.3, 0.4) is 0 Å². The Morgan fingerprint density at radius 1 is 1.75 bits per heavy atom. The molecule has 4 heteroatoms. The molecule has 0 saturated carbocycles. The van der Waals surface area contributed by atoms with Gasteiger partial charge in [0.15, 0.2) is 0 Å². The third kappa shape index (κ3) is 1.04. The molecule has 0 amide bonds. The van der Waals surface area contributed by atoms with Crippen LogP contribution in [0.4, 0.5) is 0 Å². The molecule has 0 aliphatic carbocycles. The Morgan fingerprint density at radius 3 is 3.12 bits per heavy atom. The second-order valence-electron chi connectivity index (χ2n) is 1.34. The fourth-order valence-electron chi connectivity index (χ4n) is 0.469. The highest BCUT2D eigenvalue weighted by Gasteiger charge is 1.98. The topological polar surface area (TPSA) is 45.3 Å². The van der Waals surface area contributed by atoms with Crippen LogP contribution in [0.5, 0.6) is 0 Å². The zero-order valence-electron chi connectivity index (χ0n) is 4.69. The van der Waals surface area contributed by atoms with Crippen molar-refractivity contribution in [2.24, 2.45) is 0 Å². The molecule has 0 radical (unpaired) electrons. The molecule has 0 aromatic heterocycles. The predicted octanol–water partition coefficient (Wildman–Crippen LogP) is -0.566. The van der Waals surface area contributed by atoms with E-state index in [1.165, 1.54) is 0 Å². The lowest BCUT2D eigenvalue weighted by Crippen LogP contribution is -2.32. The van der Waals surface area contributed by atoms with Gasteiger partial charge in [-0.1, -0.05) is 0 Å². The van der Waals surface area contributed by atoms with Crippen LogP contribution in [-0.2, 0) is 4.74 Å². The van der Waals surface area contributed by atoms with E-state index in [4.69, 9.17) is 4.74 Å². The number of hydrazine groups is 2. The van der Waals surface area contributed by atoms with Gasteiger partial charge in [-0.2, -0.15) is 0 Å². The van der Waals surface area contributed by atoms with Crippen molar-refractivity contribution < 1.29 is 4.74 Å². The zero-order chi connectivity index (χ0) is 5.82. The van der Waals surface area contributed by atoms with Gasteiger partial charge in [-0.05, 0) is 6.92 Å². The normalized spacial score (nSPS) is 16.4. The lowest BCUT2D eigenvalue weighted by molar-refractivity contribution is 0.205. The smallest absolute Gasteiger partial charge is 0.220 e. The van der Waals surface area contributed by atoms with Gasteiger partial charge in [0.05, 0.1) is 12.8 Å². The maximum absolute atomic E-state index is 5.03. The number of hydrogen-bond donors (Lipinski definition) is 3. The van der Waals surface area contributed by atoms with Gasteiger partial charge in [0.1, 0.15) is 0 Å². The van der Waals surface area contributed by atoms with Crippen molar-refractivity contribution in [3.8, 4) is 0 Å². The molecule has 1 aliphatic rings. The first-order chi connectivity index (χ1) is 3.93. The molecule has 0 aromatic rings. The first kappa shape index (κ1) is 5.24. The number of rotatable bonds is 2. The van der Waals surface area contributed by atoms with Crippen molar-refractivity contribution in [2.75, 3.05) is 6.61 Å². The van der Waals surface area contributed by atoms with Crippen molar-refractivity contribution in [3.05, 3.63) is 12.1 Å². The first-order valence-corrected chi connectivity index (χ1v) is 2.53. The Kier molecular flexibility index (Phi) is 1.58. The summed E-state index contributed by atoms with van der Waals surface area (Å²) in [5.74, 6) is 0.729. The minimum Gasteiger partial charge on any atom is -0.478 e. The van der Waals surface area contributed by atoms with E-state index in [9.17, 15) is 0 Å². The minimum absolute atomic E-state index is 0.683. The van der Waals surface area contributed by atoms with E-state index >= 15 is 0 Å². The summed E-state index contributed by atoms with van der Waals surface area (Å²) in [6.45, 7) is 2.61. The first-order valence-electron chi connectivity index (χ1n) is 2.53. The molecule has 0 atom stereocenters. The molecule has 8 heavy (non-hydrogen) atoms. The molecule has 1 heterocycles. The van der Waals surface area contributed by atoms with E-state index in [-0.39, 0.29) is 0 Å². The van der Waals surface area contributed by atoms with Crippen LogP contribution >= 0.6 is 0 Å². The Hall–Kier alpha value is -0.900. The molecule has 0 spiro atoms. The van der Waals surface area contributed by atoms with Gasteiger partial charge >= 0.3 is 0 Å². The Labute approximate surface area is 47.8 Å². The van der Waals surface area contributed by atoms with E-state index in [1.807, 2.05) is 6.92 Å². The standard InChI is InChI=1S/C4H9N3O/c1-2-8-4-3-5-7-6-4/h3,5-7H,2H2,1H3. The largest absolute Gasteiger partial charge is 0.478 e. The second-order valence-corrected chi connectivity index (χ2v) is 1.34. The average Bonchev–Trinajstić information content (AvgIpc) is 2.19. The molecule has 1 rings (SSSR count). The highest BCUT2D eigenvalue weighted by Crippen LogP contribution is 1.89. The molecule has 0 bridgehead atoms. The van der Waals surface area contributed by atoms with Gasteiger partial charge in [-0.3, -0.25) is 5.43 Å². The molecule has 46 valence electrons. The highest BCUT2D eigenvalue weighted by molar-refractivity contribution is 4.90. The van der Waals surface area contributed by atoms with Crippen molar-refractivity contribution >= 4 is 0 Å². The van der Waals surface area contributed by atoms with Crippen LogP contribution in [0.2, 0.25) is 0 Å². The monoisotopic (exact) mass is 115 g/mol. The van der Waals surface area contributed by atoms with Crippen LogP contribution in [0, 0.1) is 0 Å². The summed E-state index contributed by atoms with van der Waals surface area (Å²) in [4.78, 5) is 0. The van der Waals surface area contributed by atoms with Gasteiger partial charge < -0.3 is 10.2 Å². The van der Waals surface area contributed by atoms with Crippen molar-refractivity contribution in [1.82, 2.24) is 16.4 Å². The molecule has 0 fully saturated rings.